The third kappa shape index (κ3) is 3.71. The molecular formula is C10H13N3O4S. The van der Waals surface area contributed by atoms with Gasteiger partial charge in [-0.15, -0.1) is 0 Å². The summed E-state index contributed by atoms with van der Waals surface area (Å²) in [5, 5.41) is 22.4. The van der Waals surface area contributed by atoms with Crippen molar-refractivity contribution in [3.8, 4) is 0 Å². The van der Waals surface area contributed by atoms with Crippen LogP contribution in [-0.4, -0.2) is 37.5 Å². The number of sulfone groups is 1. The van der Waals surface area contributed by atoms with Crippen molar-refractivity contribution < 1.29 is 18.6 Å². The molecule has 0 aliphatic carbocycles. The first-order chi connectivity index (χ1) is 8.36. The second-order valence-corrected chi connectivity index (χ2v) is 5.78. The van der Waals surface area contributed by atoms with E-state index in [1.807, 2.05) is 0 Å². The van der Waals surface area contributed by atoms with Gasteiger partial charge in [0.05, 0.1) is 17.5 Å². The summed E-state index contributed by atoms with van der Waals surface area (Å²) in [5.74, 6) is 0. The first-order valence-corrected chi connectivity index (χ1v) is 6.92. The van der Waals surface area contributed by atoms with E-state index >= 15 is 0 Å². The van der Waals surface area contributed by atoms with Gasteiger partial charge in [-0.05, 0) is 23.2 Å². The lowest BCUT2D eigenvalue weighted by molar-refractivity contribution is 0.0244. The van der Waals surface area contributed by atoms with Gasteiger partial charge in [-0.2, -0.15) is 0 Å². The van der Waals surface area contributed by atoms with Crippen molar-refractivity contribution >= 4 is 9.84 Å². The van der Waals surface area contributed by atoms with Gasteiger partial charge in [-0.1, -0.05) is 17.2 Å². The Morgan fingerprint density at radius 3 is 2.33 bits per heavy atom. The lowest BCUT2D eigenvalue weighted by Gasteiger charge is -2.16. The second-order valence-electron chi connectivity index (χ2n) is 3.77. The monoisotopic (exact) mass is 271 g/mol. The standard InChI is InChI=1S/C10H13N3O4S/c1-18(16,17)8-4-2-7(3-5-8)10(15)9(14)6-12-13-11/h2-5,9-10,14-15H,6H2,1H3. The second kappa shape index (κ2) is 5.83. The highest BCUT2D eigenvalue weighted by Crippen LogP contribution is 2.19. The Morgan fingerprint density at radius 2 is 1.89 bits per heavy atom. The van der Waals surface area contributed by atoms with Crippen LogP contribution in [0, 0.1) is 0 Å². The summed E-state index contributed by atoms with van der Waals surface area (Å²) in [6, 6.07) is 5.49. The zero-order chi connectivity index (χ0) is 13.8. The maximum Gasteiger partial charge on any atom is 0.175 e. The molecule has 98 valence electrons. The van der Waals surface area contributed by atoms with Crippen molar-refractivity contribution in [3.63, 3.8) is 0 Å². The van der Waals surface area contributed by atoms with Crippen LogP contribution in [0.1, 0.15) is 11.7 Å². The molecule has 0 bridgehead atoms. The van der Waals surface area contributed by atoms with E-state index in [0.29, 0.717) is 5.56 Å². The van der Waals surface area contributed by atoms with E-state index in [9.17, 15) is 18.6 Å². The highest BCUT2D eigenvalue weighted by atomic mass is 32.2. The number of hydrogen-bond donors (Lipinski definition) is 2. The molecule has 1 aromatic rings. The molecule has 0 fully saturated rings. The van der Waals surface area contributed by atoms with Crippen LogP contribution in [0.2, 0.25) is 0 Å². The molecule has 0 aliphatic heterocycles. The molecule has 2 unspecified atom stereocenters. The van der Waals surface area contributed by atoms with Gasteiger partial charge in [0.25, 0.3) is 0 Å². The maximum absolute atomic E-state index is 11.2. The quantitative estimate of drug-likeness (QED) is 0.466. The van der Waals surface area contributed by atoms with Crippen molar-refractivity contribution in [2.24, 2.45) is 5.11 Å². The van der Waals surface area contributed by atoms with E-state index in [1.54, 1.807) is 0 Å². The topological polar surface area (TPSA) is 123 Å². The van der Waals surface area contributed by atoms with Crippen molar-refractivity contribution in [2.75, 3.05) is 12.8 Å². The van der Waals surface area contributed by atoms with Crippen LogP contribution in [0.5, 0.6) is 0 Å². The molecule has 18 heavy (non-hydrogen) atoms. The zero-order valence-corrected chi connectivity index (χ0v) is 10.4. The summed E-state index contributed by atoms with van der Waals surface area (Å²) in [6.07, 6.45) is -1.39. The van der Waals surface area contributed by atoms with E-state index in [-0.39, 0.29) is 11.4 Å². The number of nitrogens with zero attached hydrogens (tertiary/aromatic N) is 3. The molecule has 0 spiro atoms. The van der Waals surface area contributed by atoms with Crippen molar-refractivity contribution in [1.29, 1.82) is 0 Å². The van der Waals surface area contributed by atoms with Crippen molar-refractivity contribution in [2.45, 2.75) is 17.1 Å². The number of azide groups is 1. The molecule has 0 radical (unpaired) electrons. The number of hydrogen-bond acceptors (Lipinski definition) is 5. The fourth-order valence-corrected chi connectivity index (χ4v) is 1.98. The van der Waals surface area contributed by atoms with Gasteiger partial charge in [-0.25, -0.2) is 8.42 Å². The Morgan fingerprint density at radius 1 is 1.33 bits per heavy atom. The van der Waals surface area contributed by atoms with Gasteiger partial charge in [-0.3, -0.25) is 0 Å². The molecule has 0 saturated carbocycles. The highest BCUT2D eigenvalue weighted by Gasteiger charge is 2.18. The van der Waals surface area contributed by atoms with Gasteiger partial charge in [0, 0.05) is 11.2 Å². The van der Waals surface area contributed by atoms with Gasteiger partial charge < -0.3 is 10.2 Å². The van der Waals surface area contributed by atoms with Crippen LogP contribution >= 0.6 is 0 Å². The largest absolute Gasteiger partial charge is 0.390 e. The zero-order valence-electron chi connectivity index (χ0n) is 9.63. The van der Waals surface area contributed by atoms with E-state index in [0.717, 1.165) is 6.26 Å². The lowest BCUT2D eigenvalue weighted by Crippen LogP contribution is -2.21. The first kappa shape index (κ1) is 14.5. The minimum atomic E-state index is -3.29. The third-order valence-electron chi connectivity index (χ3n) is 2.35. The van der Waals surface area contributed by atoms with Crippen LogP contribution in [0.3, 0.4) is 0 Å². The Bertz CT molecular complexity index is 549. The summed E-state index contributed by atoms with van der Waals surface area (Å²) in [6.45, 7) is -0.258. The normalized spacial score (nSPS) is 14.6. The average molecular weight is 271 g/mol. The Balaban J connectivity index is 2.88. The maximum atomic E-state index is 11.2. The minimum Gasteiger partial charge on any atom is -0.390 e. The summed E-state index contributed by atoms with van der Waals surface area (Å²) < 4.78 is 22.4. The van der Waals surface area contributed by atoms with Crippen molar-refractivity contribution in [3.05, 3.63) is 40.3 Å². The number of rotatable bonds is 5. The molecule has 0 saturated heterocycles. The summed E-state index contributed by atoms with van der Waals surface area (Å²) in [5.41, 5.74) is 8.44. The predicted octanol–water partition coefficient (Wildman–Crippen LogP) is 0.795. The smallest absolute Gasteiger partial charge is 0.175 e. The van der Waals surface area contributed by atoms with Crippen LogP contribution in [0.25, 0.3) is 10.4 Å². The van der Waals surface area contributed by atoms with E-state index in [2.05, 4.69) is 10.0 Å². The SMILES string of the molecule is CS(=O)(=O)c1ccc(C(O)C(O)CN=[N+]=[N-])cc1. The van der Waals surface area contributed by atoms with Gasteiger partial charge in [0.1, 0.15) is 6.10 Å². The third-order valence-corrected chi connectivity index (χ3v) is 3.47. The number of aliphatic hydroxyl groups excluding tert-OH is 2. The molecule has 2 atom stereocenters. The molecule has 0 aromatic heterocycles. The minimum absolute atomic E-state index is 0.128. The van der Waals surface area contributed by atoms with Gasteiger partial charge >= 0.3 is 0 Å². The first-order valence-electron chi connectivity index (χ1n) is 5.03. The van der Waals surface area contributed by atoms with E-state index in [4.69, 9.17) is 5.53 Å². The Labute approximate surface area is 104 Å². The lowest BCUT2D eigenvalue weighted by atomic mass is 10.0. The Hall–Kier alpha value is -1.60. The molecular weight excluding hydrogens is 258 g/mol. The van der Waals surface area contributed by atoms with Gasteiger partial charge in [0.2, 0.25) is 0 Å². The van der Waals surface area contributed by atoms with Crippen LogP contribution in [0.15, 0.2) is 34.3 Å². The average Bonchev–Trinajstić information content (AvgIpc) is 2.34. The van der Waals surface area contributed by atoms with E-state index in [1.165, 1.54) is 24.3 Å². The fourth-order valence-electron chi connectivity index (χ4n) is 1.35. The molecule has 0 amide bonds. The summed E-state index contributed by atoms with van der Waals surface area (Å²) >= 11 is 0. The molecule has 0 aliphatic rings. The number of benzene rings is 1. The molecule has 8 heteroatoms. The summed E-state index contributed by atoms with van der Waals surface area (Å²) in [7, 11) is -3.29. The highest BCUT2D eigenvalue weighted by molar-refractivity contribution is 7.90. The van der Waals surface area contributed by atoms with Crippen LogP contribution in [0.4, 0.5) is 0 Å². The molecule has 2 N–H and O–H groups in total. The molecule has 1 rings (SSSR count). The predicted molar refractivity (Wildman–Crippen MR) is 64.5 cm³/mol. The molecule has 0 heterocycles. The van der Waals surface area contributed by atoms with Crippen LogP contribution < -0.4 is 0 Å². The van der Waals surface area contributed by atoms with Gasteiger partial charge in [0.15, 0.2) is 9.84 Å². The van der Waals surface area contributed by atoms with Crippen molar-refractivity contribution in [1.82, 2.24) is 0 Å². The fraction of sp³-hybridized carbons (Fsp3) is 0.400. The number of aliphatic hydroxyl groups is 2. The molecule has 1 aromatic carbocycles. The van der Waals surface area contributed by atoms with E-state index < -0.39 is 22.0 Å². The Kier molecular flexibility index (Phi) is 4.69. The van der Waals surface area contributed by atoms with Crippen LogP contribution in [-0.2, 0) is 9.84 Å². The summed E-state index contributed by atoms with van der Waals surface area (Å²) in [4.78, 5) is 2.60. The molecule has 7 nitrogen and oxygen atoms in total.